The molecular weight excluding hydrogens is 839 g/mol. The maximum Gasteiger partial charge on any atom is 0.326 e. The molecule has 0 aliphatic rings. The van der Waals surface area contributed by atoms with E-state index < -0.39 is 115 Å². The normalized spacial score (nSPS) is 14.8. The minimum Gasteiger partial charge on any atom is -0.508 e. The molecule has 0 radical (unpaired) electrons. The van der Waals surface area contributed by atoms with Gasteiger partial charge in [0.1, 0.15) is 42.0 Å². The number of phenolic OH excluding ortho intramolecular Hbond substituents is 1. The molecule has 0 saturated carbocycles. The number of aromatic nitrogens is 2. The summed E-state index contributed by atoms with van der Waals surface area (Å²) in [5.74, 6) is -8.20. The quantitative estimate of drug-likeness (QED) is 0.0232. The number of hydrogen-bond donors (Lipinski definition) is 14. The van der Waals surface area contributed by atoms with Gasteiger partial charge in [-0.15, -0.1) is 0 Å². The first kappa shape index (κ1) is 53.3. The molecule has 1 aromatic heterocycles. The number of rotatable bonds is 27. The summed E-state index contributed by atoms with van der Waals surface area (Å²) in [6, 6.07) is -1.96. The van der Waals surface area contributed by atoms with Crippen molar-refractivity contribution in [1.29, 1.82) is 0 Å². The molecule has 0 fully saturated rings. The Bertz CT molecular complexity index is 1910. The fraction of sp³-hybridized carbons (Fsp3) is 0.550. The molecule has 1 aromatic carbocycles. The number of aromatic hydroxyl groups is 1. The Kier molecular flexibility index (Phi) is 22.2. The van der Waals surface area contributed by atoms with Crippen molar-refractivity contribution in [1.82, 2.24) is 47.2 Å². The number of aliphatic imine (C=N–C) groups is 1. The van der Waals surface area contributed by atoms with Gasteiger partial charge in [0.15, 0.2) is 5.96 Å². The van der Waals surface area contributed by atoms with Gasteiger partial charge in [-0.2, -0.15) is 0 Å². The van der Waals surface area contributed by atoms with Crippen LogP contribution in [0.3, 0.4) is 0 Å². The predicted molar refractivity (Wildman–Crippen MR) is 231 cm³/mol. The van der Waals surface area contributed by atoms with Crippen LogP contribution in [-0.4, -0.2) is 141 Å². The third-order valence-corrected chi connectivity index (χ3v) is 9.93. The highest BCUT2D eigenvalue weighted by Gasteiger charge is 2.33. The lowest BCUT2D eigenvalue weighted by atomic mass is 9.97. The first-order chi connectivity index (χ1) is 30.1. The van der Waals surface area contributed by atoms with E-state index in [0.717, 1.165) is 0 Å². The van der Waals surface area contributed by atoms with Crippen LogP contribution in [0.5, 0.6) is 5.75 Å². The summed E-state index contributed by atoms with van der Waals surface area (Å²) < 4.78 is 0. The number of benzene rings is 1. The molecule has 8 atom stereocenters. The molecule has 7 amide bonds. The van der Waals surface area contributed by atoms with Crippen LogP contribution in [0.4, 0.5) is 0 Å². The standard InChI is InChI=1S/C40H63N13O11/c1-6-21(4)33(53-35(59)27(14-23-9-11-25(55)12-10-23)50-30(57)17-46-37(61)31(41)22(5)54)38(62)47-18-29(56)49-26(8-7-13-45-40(42)43)34(58)51-28(15-24-16-44-19-48-24)36(60)52-32(20(2)3)39(63)64/h9-12,16,19-22,26-28,31-33,54-55H,6-8,13-15,17-18,41H2,1-5H3,(H,44,48)(H,46,61)(H,47,62)(H,49,56)(H,50,57)(H,51,58)(H,52,60)(H,53,59)(H,63,64)(H4,42,43,45)/t21-,22+,26-,27-,28-,31-,32-,33-/m0/s1. The van der Waals surface area contributed by atoms with E-state index in [0.29, 0.717) is 17.7 Å². The molecule has 2 rings (SSSR count). The number of nitrogens with zero attached hydrogens (tertiary/aromatic N) is 2. The molecule has 17 N–H and O–H groups in total. The molecule has 64 heavy (non-hydrogen) atoms. The molecule has 0 unspecified atom stereocenters. The number of guanidine groups is 1. The summed E-state index contributed by atoms with van der Waals surface area (Å²) in [6.45, 7) is 6.73. The molecule has 0 aliphatic heterocycles. The number of aliphatic hydroxyl groups is 1. The Labute approximate surface area is 370 Å². The number of aliphatic carboxylic acids is 1. The predicted octanol–water partition coefficient (Wildman–Crippen LogP) is -3.89. The van der Waals surface area contributed by atoms with Gasteiger partial charge < -0.3 is 74.7 Å². The first-order valence-electron chi connectivity index (χ1n) is 20.7. The number of hydrogen-bond acceptors (Lipinski definition) is 13. The fourth-order valence-corrected chi connectivity index (χ4v) is 5.94. The van der Waals surface area contributed by atoms with Crippen LogP contribution in [0.25, 0.3) is 0 Å². The van der Waals surface area contributed by atoms with E-state index in [1.165, 1.54) is 43.7 Å². The summed E-state index contributed by atoms with van der Waals surface area (Å²) >= 11 is 0. The second kappa shape index (κ2) is 26.6. The molecule has 0 spiro atoms. The molecule has 24 heteroatoms. The number of nitrogens with two attached hydrogens (primary N) is 3. The SMILES string of the molecule is CC[C@H](C)[C@H](NC(=O)[C@H](Cc1ccc(O)cc1)NC(=O)CNC(=O)[C@@H](N)[C@@H](C)O)C(=O)NCC(=O)N[C@@H](CCCN=C(N)N)C(=O)N[C@@H](Cc1cnc[nH]1)C(=O)N[C@H](C(=O)O)C(C)C. The van der Waals surface area contributed by atoms with Gasteiger partial charge in [-0.05, 0) is 49.3 Å². The largest absolute Gasteiger partial charge is 0.508 e. The lowest BCUT2D eigenvalue weighted by Crippen LogP contribution is -2.59. The fourth-order valence-electron chi connectivity index (χ4n) is 5.94. The van der Waals surface area contributed by atoms with E-state index in [4.69, 9.17) is 17.2 Å². The van der Waals surface area contributed by atoms with Gasteiger partial charge in [-0.3, -0.25) is 38.6 Å². The molecule has 1 heterocycles. The second-order valence-electron chi connectivity index (χ2n) is 15.5. The van der Waals surface area contributed by atoms with E-state index >= 15 is 0 Å². The second-order valence-corrected chi connectivity index (χ2v) is 15.5. The Morgan fingerprint density at radius 1 is 0.750 bits per heavy atom. The summed E-state index contributed by atoms with van der Waals surface area (Å²) in [5, 5.41) is 46.5. The van der Waals surface area contributed by atoms with Crippen molar-refractivity contribution in [2.24, 2.45) is 34.0 Å². The van der Waals surface area contributed by atoms with Gasteiger partial charge in [0.2, 0.25) is 41.4 Å². The molecule has 0 aliphatic carbocycles. The number of phenols is 1. The highest BCUT2D eigenvalue weighted by atomic mass is 16.4. The number of nitrogens with one attached hydrogen (secondary N) is 8. The van der Waals surface area contributed by atoms with E-state index in [9.17, 15) is 53.7 Å². The number of carbonyl (C=O) groups is 8. The number of imidazole rings is 1. The number of aliphatic hydroxyl groups excluding tert-OH is 1. The average molecular weight is 902 g/mol. The zero-order chi connectivity index (χ0) is 48.1. The third kappa shape index (κ3) is 18.7. The highest BCUT2D eigenvalue weighted by molar-refractivity contribution is 5.96. The van der Waals surface area contributed by atoms with Crippen molar-refractivity contribution in [3.63, 3.8) is 0 Å². The van der Waals surface area contributed by atoms with Crippen LogP contribution in [0.15, 0.2) is 41.8 Å². The number of amides is 7. The van der Waals surface area contributed by atoms with Crippen molar-refractivity contribution in [2.45, 2.75) is 109 Å². The van der Waals surface area contributed by atoms with Gasteiger partial charge in [-0.25, -0.2) is 9.78 Å². The van der Waals surface area contributed by atoms with Crippen molar-refractivity contribution in [3.05, 3.63) is 48.0 Å². The van der Waals surface area contributed by atoms with Crippen LogP contribution >= 0.6 is 0 Å². The molecule has 0 saturated heterocycles. The maximum atomic E-state index is 13.8. The Hall–Kier alpha value is -6.82. The zero-order valence-electron chi connectivity index (χ0n) is 36.6. The molecular formula is C40H63N13O11. The molecule has 354 valence electrons. The van der Waals surface area contributed by atoms with Crippen LogP contribution in [0.1, 0.15) is 65.1 Å². The average Bonchev–Trinajstić information content (AvgIpc) is 3.76. The van der Waals surface area contributed by atoms with Crippen LogP contribution in [0.2, 0.25) is 0 Å². The van der Waals surface area contributed by atoms with Gasteiger partial charge in [0.05, 0.1) is 25.5 Å². The maximum absolute atomic E-state index is 13.8. The molecule has 0 bridgehead atoms. The summed E-state index contributed by atoms with van der Waals surface area (Å²) in [5.41, 5.74) is 17.4. The lowest BCUT2D eigenvalue weighted by Gasteiger charge is -2.27. The van der Waals surface area contributed by atoms with Crippen LogP contribution in [-0.2, 0) is 51.2 Å². The minimum atomic E-state index is -1.32. The smallest absolute Gasteiger partial charge is 0.326 e. The van der Waals surface area contributed by atoms with Gasteiger partial charge in [0, 0.05) is 31.3 Å². The molecule has 2 aromatic rings. The van der Waals surface area contributed by atoms with Crippen molar-refractivity contribution in [3.8, 4) is 5.75 Å². The Morgan fingerprint density at radius 3 is 1.81 bits per heavy atom. The Balaban J connectivity index is 2.26. The summed E-state index contributed by atoms with van der Waals surface area (Å²) in [6.07, 6.45) is 1.87. The van der Waals surface area contributed by atoms with E-state index in [1.54, 1.807) is 27.7 Å². The highest BCUT2D eigenvalue weighted by Crippen LogP contribution is 2.14. The van der Waals surface area contributed by atoms with Crippen LogP contribution < -0.4 is 54.4 Å². The first-order valence-corrected chi connectivity index (χ1v) is 20.7. The summed E-state index contributed by atoms with van der Waals surface area (Å²) in [4.78, 5) is 116. The third-order valence-electron chi connectivity index (χ3n) is 9.93. The molecule has 24 nitrogen and oxygen atoms in total. The number of carboxylic acid groups (broad SMARTS) is 1. The lowest BCUT2D eigenvalue weighted by molar-refractivity contribution is -0.143. The van der Waals surface area contributed by atoms with E-state index in [1.807, 2.05) is 0 Å². The van der Waals surface area contributed by atoms with Gasteiger partial charge >= 0.3 is 5.97 Å². The number of carbonyl (C=O) groups excluding carboxylic acids is 7. The minimum absolute atomic E-state index is 0.0405. The number of carboxylic acids is 1. The number of H-pyrrole nitrogens is 1. The van der Waals surface area contributed by atoms with Gasteiger partial charge in [0.25, 0.3) is 0 Å². The van der Waals surface area contributed by atoms with E-state index in [-0.39, 0.29) is 43.9 Å². The van der Waals surface area contributed by atoms with Gasteiger partial charge in [-0.1, -0.05) is 46.2 Å². The number of aromatic amines is 1. The summed E-state index contributed by atoms with van der Waals surface area (Å²) in [7, 11) is 0. The topological polar surface area (TPSA) is 401 Å². The van der Waals surface area contributed by atoms with Crippen molar-refractivity contribution in [2.75, 3.05) is 19.6 Å². The zero-order valence-corrected chi connectivity index (χ0v) is 36.6. The van der Waals surface area contributed by atoms with Crippen LogP contribution in [0, 0.1) is 11.8 Å². The Morgan fingerprint density at radius 2 is 1.30 bits per heavy atom. The monoisotopic (exact) mass is 901 g/mol. The van der Waals surface area contributed by atoms with E-state index in [2.05, 4.69) is 52.2 Å². The van der Waals surface area contributed by atoms with Crippen molar-refractivity contribution < 1.29 is 53.7 Å². The van der Waals surface area contributed by atoms with Crippen molar-refractivity contribution >= 4 is 53.3 Å².